The van der Waals surface area contributed by atoms with Crippen LogP contribution in [0.15, 0.2) is 10.9 Å². The molecule has 0 amide bonds. The molecule has 0 aromatic carbocycles. The van der Waals surface area contributed by atoms with E-state index in [-0.39, 0.29) is 43.0 Å². The van der Waals surface area contributed by atoms with Gasteiger partial charge < -0.3 is 19.3 Å². The standard InChI is InChI=1S/C18H25F3N4O3/c1-11(2)13-8-25-14(18(19,20)21)3-4-24-16(26)7-15(22-17(24)25)23-5-6-27-9-12(23)10-28-13/h7,11-14H,3-6,8-10H2,1-2H3/t12-,13?,14-/m0/s1. The highest BCUT2D eigenvalue weighted by Gasteiger charge is 2.48. The van der Waals surface area contributed by atoms with Crippen molar-refractivity contribution in [1.29, 1.82) is 0 Å². The number of nitrogens with zero attached hydrogens (tertiary/aromatic N) is 4. The second kappa shape index (κ2) is 7.22. The Morgan fingerprint density at radius 3 is 2.71 bits per heavy atom. The van der Waals surface area contributed by atoms with E-state index >= 15 is 0 Å². The SMILES string of the molecule is CC(C)C1CN2c3nc(cc(=O)n3CC[C@H]2C(F)(F)F)N2CCOC[C@H]2CO1. The third-order valence-corrected chi connectivity index (χ3v) is 5.76. The summed E-state index contributed by atoms with van der Waals surface area (Å²) in [6.07, 6.45) is -5.01. The monoisotopic (exact) mass is 402 g/mol. The predicted octanol–water partition coefficient (Wildman–Crippen LogP) is 1.64. The fourth-order valence-corrected chi connectivity index (χ4v) is 4.13. The molecule has 1 unspecified atom stereocenters. The second-order valence-corrected chi connectivity index (χ2v) is 7.94. The Morgan fingerprint density at radius 1 is 1.21 bits per heavy atom. The lowest BCUT2D eigenvalue weighted by molar-refractivity contribution is -0.154. The molecule has 0 radical (unpaired) electrons. The Morgan fingerprint density at radius 2 is 2.00 bits per heavy atom. The Balaban J connectivity index is 1.85. The van der Waals surface area contributed by atoms with Crippen LogP contribution in [0.1, 0.15) is 20.3 Å². The van der Waals surface area contributed by atoms with E-state index in [2.05, 4.69) is 4.98 Å². The highest BCUT2D eigenvalue weighted by atomic mass is 19.4. The number of morpholine rings is 1. The minimum Gasteiger partial charge on any atom is -0.377 e. The molecule has 7 nitrogen and oxygen atoms in total. The van der Waals surface area contributed by atoms with E-state index in [4.69, 9.17) is 9.47 Å². The molecule has 1 aromatic rings. The van der Waals surface area contributed by atoms with Crippen molar-refractivity contribution in [3.63, 3.8) is 0 Å². The summed E-state index contributed by atoms with van der Waals surface area (Å²) in [6.45, 7) is 5.61. The number of fused-ring (bicyclic) bond motifs is 3. The molecule has 0 N–H and O–H groups in total. The Hall–Kier alpha value is -1.81. The van der Waals surface area contributed by atoms with E-state index in [1.807, 2.05) is 18.7 Å². The van der Waals surface area contributed by atoms with Crippen LogP contribution in [0, 0.1) is 5.92 Å². The van der Waals surface area contributed by atoms with Gasteiger partial charge in [0.1, 0.15) is 11.9 Å². The Bertz CT molecular complexity index is 782. The van der Waals surface area contributed by atoms with Crippen molar-refractivity contribution in [3.8, 4) is 0 Å². The first kappa shape index (κ1) is 19.5. The maximum atomic E-state index is 13.8. The molecule has 1 fully saturated rings. The number of halogens is 3. The van der Waals surface area contributed by atoms with Crippen LogP contribution in [0.3, 0.4) is 0 Å². The van der Waals surface area contributed by atoms with Gasteiger partial charge in [0.25, 0.3) is 5.56 Å². The zero-order chi connectivity index (χ0) is 20.1. The smallest absolute Gasteiger partial charge is 0.377 e. The van der Waals surface area contributed by atoms with E-state index in [0.29, 0.717) is 32.2 Å². The van der Waals surface area contributed by atoms with E-state index in [9.17, 15) is 18.0 Å². The van der Waals surface area contributed by atoms with E-state index in [0.717, 1.165) is 0 Å². The van der Waals surface area contributed by atoms with Gasteiger partial charge in [0.2, 0.25) is 5.95 Å². The molecule has 1 aromatic heterocycles. The fraction of sp³-hybridized carbons (Fsp3) is 0.778. The van der Waals surface area contributed by atoms with Gasteiger partial charge in [-0.15, -0.1) is 0 Å². The fourth-order valence-electron chi connectivity index (χ4n) is 4.13. The summed E-state index contributed by atoms with van der Waals surface area (Å²) in [5.41, 5.74) is -0.321. The summed E-state index contributed by atoms with van der Waals surface area (Å²) in [5.74, 6) is 0.484. The molecule has 0 aliphatic carbocycles. The molecule has 10 heteroatoms. The van der Waals surface area contributed by atoms with Crippen LogP contribution >= 0.6 is 0 Å². The van der Waals surface area contributed by atoms with Gasteiger partial charge in [-0.2, -0.15) is 18.2 Å². The molecule has 4 heterocycles. The third kappa shape index (κ3) is 3.47. The lowest BCUT2D eigenvalue weighted by Crippen LogP contribution is -2.57. The molecule has 2 bridgehead atoms. The summed E-state index contributed by atoms with van der Waals surface area (Å²) in [7, 11) is 0. The zero-order valence-electron chi connectivity index (χ0n) is 16.0. The summed E-state index contributed by atoms with van der Waals surface area (Å²) < 4.78 is 54.3. The summed E-state index contributed by atoms with van der Waals surface area (Å²) in [6, 6.07) is -0.395. The topological polar surface area (TPSA) is 59.8 Å². The van der Waals surface area contributed by atoms with Crippen molar-refractivity contribution in [3.05, 3.63) is 16.4 Å². The largest absolute Gasteiger partial charge is 0.408 e. The quantitative estimate of drug-likeness (QED) is 0.712. The molecular formula is C18H25F3N4O3. The van der Waals surface area contributed by atoms with Gasteiger partial charge in [0.15, 0.2) is 0 Å². The third-order valence-electron chi connectivity index (χ3n) is 5.76. The number of ether oxygens (including phenoxy) is 2. The van der Waals surface area contributed by atoms with Crippen molar-refractivity contribution in [1.82, 2.24) is 9.55 Å². The molecule has 0 saturated carbocycles. The van der Waals surface area contributed by atoms with Crippen molar-refractivity contribution in [2.45, 2.75) is 51.2 Å². The number of hydrogen-bond acceptors (Lipinski definition) is 6. The van der Waals surface area contributed by atoms with Gasteiger partial charge in [-0.25, -0.2) is 0 Å². The number of anilines is 2. The highest BCUT2D eigenvalue weighted by molar-refractivity contribution is 5.48. The molecule has 0 spiro atoms. The van der Waals surface area contributed by atoms with Crippen LogP contribution in [0.25, 0.3) is 0 Å². The minimum atomic E-state index is -4.41. The van der Waals surface area contributed by atoms with Gasteiger partial charge >= 0.3 is 6.18 Å². The van der Waals surface area contributed by atoms with Gasteiger partial charge in [0.05, 0.1) is 32.0 Å². The number of aromatic nitrogens is 2. The van der Waals surface area contributed by atoms with Crippen LogP contribution in [0.4, 0.5) is 24.9 Å². The second-order valence-electron chi connectivity index (χ2n) is 7.94. The number of hydrogen-bond donors (Lipinski definition) is 0. The van der Waals surface area contributed by atoms with E-state index in [1.54, 1.807) is 0 Å². The van der Waals surface area contributed by atoms with Crippen LogP contribution in [-0.2, 0) is 16.0 Å². The highest BCUT2D eigenvalue weighted by Crippen LogP contribution is 2.35. The van der Waals surface area contributed by atoms with Gasteiger partial charge in [-0.1, -0.05) is 13.8 Å². The molecule has 1 saturated heterocycles. The molecule has 28 heavy (non-hydrogen) atoms. The molecular weight excluding hydrogens is 377 g/mol. The number of rotatable bonds is 1. The summed E-state index contributed by atoms with van der Waals surface area (Å²) in [5, 5.41) is 0. The molecule has 156 valence electrons. The number of alkyl halides is 3. The van der Waals surface area contributed by atoms with E-state index in [1.165, 1.54) is 15.5 Å². The summed E-state index contributed by atoms with van der Waals surface area (Å²) >= 11 is 0. The van der Waals surface area contributed by atoms with Crippen molar-refractivity contribution in [2.24, 2.45) is 5.92 Å². The van der Waals surface area contributed by atoms with Crippen LogP contribution in [0.5, 0.6) is 0 Å². The van der Waals surface area contributed by atoms with Crippen molar-refractivity contribution in [2.75, 3.05) is 42.7 Å². The molecule has 3 atom stereocenters. The van der Waals surface area contributed by atoms with Gasteiger partial charge in [-0.05, 0) is 12.3 Å². The van der Waals surface area contributed by atoms with Crippen LogP contribution < -0.4 is 15.4 Å². The lowest BCUT2D eigenvalue weighted by Gasteiger charge is -2.44. The minimum absolute atomic E-state index is 0.00185. The Kier molecular flexibility index (Phi) is 5.03. The average molecular weight is 402 g/mol. The van der Waals surface area contributed by atoms with Gasteiger partial charge in [-0.3, -0.25) is 9.36 Å². The normalized spacial score (nSPS) is 28.3. The van der Waals surface area contributed by atoms with Crippen LogP contribution in [0.2, 0.25) is 0 Å². The Labute approximate surface area is 161 Å². The van der Waals surface area contributed by atoms with Crippen molar-refractivity contribution >= 4 is 11.8 Å². The van der Waals surface area contributed by atoms with Gasteiger partial charge in [0, 0.05) is 25.7 Å². The first-order valence-corrected chi connectivity index (χ1v) is 9.67. The molecule has 3 aliphatic rings. The zero-order valence-corrected chi connectivity index (χ0v) is 16.0. The maximum Gasteiger partial charge on any atom is 0.408 e. The first-order chi connectivity index (χ1) is 13.3. The lowest BCUT2D eigenvalue weighted by atomic mass is 10.0. The maximum absolute atomic E-state index is 13.8. The van der Waals surface area contributed by atoms with Crippen molar-refractivity contribution < 1.29 is 22.6 Å². The summed E-state index contributed by atoms with van der Waals surface area (Å²) in [4.78, 5) is 20.4. The molecule has 3 aliphatic heterocycles. The van der Waals surface area contributed by atoms with Crippen LogP contribution in [-0.4, -0.2) is 66.8 Å². The predicted molar refractivity (Wildman–Crippen MR) is 96.8 cm³/mol. The first-order valence-electron chi connectivity index (χ1n) is 9.67. The van der Waals surface area contributed by atoms with E-state index < -0.39 is 18.3 Å². The molecule has 4 rings (SSSR count). The average Bonchev–Trinajstić information content (AvgIpc) is 2.64.